The van der Waals surface area contributed by atoms with Crippen LogP contribution < -0.4 is 25.6 Å². The molecule has 3 fully saturated rings. The van der Waals surface area contributed by atoms with Crippen LogP contribution >= 0.6 is 22.9 Å². The Bertz CT molecular complexity index is 2550. The molecular weight excluding hydrogens is 926 g/mol. The van der Waals surface area contributed by atoms with Gasteiger partial charge in [-0.1, -0.05) is 84.3 Å². The van der Waals surface area contributed by atoms with Gasteiger partial charge in [-0.2, -0.15) is 5.26 Å². The number of nitriles is 1. The molecule has 1 saturated carbocycles. The first-order valence-corrected chi connectivity index (χ1v) is 25.5. The first-order valence-electron chi connectivity index (χ1n) is 24.3. The Balaban J connectivity index is 0.831. The summed E-state index contributed by atoms with van der Waals surface area (Å²) in [5.74, 6) is -0.341. The van der Waals surface area contributed by atoms with Gasteiger partial charge in [0.25, 0.3) is 5.91 Å². The van der Waals surface area contributed by atoms with Crippen LogP contribution in [0, 0.1) is 40.4 Å². The average Bonchev–Trinajstić information content (AvgIpc) is 3.95. The second kappa shape index (κ2) is 21.4. The van der Waals surface area contributed by atoms with E-state index in [1.807, 2.05) is 88.7 Å². The van der Waals surface area contributed by atoms with Gasteiger partial charge >= 0.3 is 0 Å². The van der Waals surface area contributed by atoms with Crippen molar-refractivity contribution in [1.29, 1.82) is 5.26 Å². The zero-order valence-corrected chi connectivity index (χ0v) is 43.4. The minimum Gasteiger partial charge on any atom is -0.489 e. The number of thiazole rings is 1. The van der Waals surface area contributed by atoms with E-state index in [9.17, 15) is 29.5 Å². The summed E-state index contributed by atoms with van der Waals surface area (Å²) in [4.78, 5) is 63.8. The SMILES string of the molecule is Cc1ncsc1-c1ccc([C@H](C)NC(=O)C2C[C@@H](O)CN2C(=O)[C@@H](NC(=O)COCCC2CCN(c3ccc(C(=O)NC4C(C)(C)C(Oc5ccc(C#N)c(Cl)c5)C4(C)C)cc3)CC2)C(C)(C)C)cc1. The summed E-state index contributed by atoms with van der Waals surface area (Å²) < 4.78 is 12.2. The maximum absolute atomic E-state index is 14.1. The van der Waals surface area contributed by atoms with Crippen molar-refractivity contribution in [2.24, 2.45) is 22.2 Å². The van der Waals surface area contributed by atoms with Crippen molar-refractivity contribution in [3.05, 3.63) is 99.6 Å². The third kappa shape index (κ3) is 11.6. The molecule has 14 nitrogen and oxygen atoms in total. The van der Waals surface area contributed by atoms with E-state index < -0.39 is 35.4 Å². The lowest BCUT2D eigenvalue weighted by Crippen LogP contribution is -2.74. The molecule has 0 bridgehead atoms. The first kappa shape index (κ1) is 52.3. The number of aliphatic hydroxyl groups is 1. The Morgan fingerprint density at radius 1 is 0.986 bits per heavy atom. The monoisotopic (exact) mass is 993 g/mol. The van der Waals surface area contributed by atoms with E-state index >= 15 is 0 Å². The van der Waals surface area contributed by atoms with Gasteiger partial charge in [-0.3, -0.25) is 19.2 Å². The third-order valence-corrected chi connectivity index (χ3v) is 15.8. The van der Waals surface area contributed by atoms with Crippen LogP contribution in [0.5, 0.6) is 5.75 Å². The Morgan fingerprint density at radius 2 is 1.66 bits per heavy atom. The topological polar surface area (TPSA) is 186 Å². The molecule has 3 aliphatic rings. The van der Waals surface area contributed by atoms with E-state index in [1.165, 1.54) is 4.90 Å². The van der Waals surface area contributed by atoms with Gasteiger partial charge in [0.1, 0.15) is 36.6 Å². The third-order valence-electron chi connectivity index (χ3n) is 14.5. The highest BCUT2D eigenvalue weighted by Crippen LogP contribution is 2.55. The molecule has 1 aromatic heterocycles. The van der Waals surface area contributed by atoms with Gasteiger partial charge < -0.3 is 40.3 Å². The fraction of sp³-hybridized carbons (Fsp3) is 0.519. The van der Waals surface area contributed by atoms with Gasteiger partial charge in [-0.05, 0) is 92.0 Å². The molecule has 70 heavy (non-hydrogen) atoms. The molecular formula is C54H68ClN7O7S. The zero-order valence-electron chi connectivity index (χ0n) is 41.8. The summed E-state index contributed by atoms with van der Waals surface area (Å²) in [6, 6.07) is 20.5. The number of aryl methyl sites for hydroxylation is 1. The number of aromatic nitrogens is 1. The molecule has 16 heteroatoms. The fourth-order valence-electron chi connectivity index (χ4n) is 10.7. The van der Waals surface area contributed by atoms with E-state index in [4.69, 9.17) is 21.1 Å². The van der Waals surface area contributed by atoms with E-state index in [2.05, 4.69) is 59.6 Å². The molecule has 1 unspecified atom stereocenters. The Labute approximate surface area is 421 Å². The number of carbonyl (C=O) groups excluding carboxylic acids is 4. The van der Waals surface area contributed by atoms with Crippen LogP contribution in [0.15, 0.2) is 72.2 Å². The molecule has 4 amide bonds. The standard InChI is InChI=1S/C54H68ClN7O7S/c1-32(35-10-12-36(13-11-35)45-33(2)57-31-70-45)58-48(66)43-26-40(63)29-62(43)49(67)46(52(3,4)5)59-44(64)30-68-25-22-34-20-23-61(24-21-34)39-17-14-37(15-18-39)47(65)60-50-53(6,7)51(54(50,8)9)69-41-19-16-38(28-56)42(55)27-41/h10-19,27,31-32,34,40,43,46,50-51,63H,20-26,29-30H2,1-9H3,(H,58,66)(H,59,64)(H,60,65)/t32-,40+,43?,46+,50?,51?/m0/s1. The maximum Gasteiger partial charge on any atom is 0.251 e. The molecule has 1 aliphatic carbocycles. The minimum absolute atomic E-state index is 0.00956. The first-order chi connectivity index (χ1) is 33.1. The fourth-order valence-corrected chi connectivity index (χ4v) is 11.8. The van der Waals surface area contributed by atoms with Crippen molar-refractivity contribution in [3.8, 4) is 22.3 Å². The predicted molar refractivity (Wildman–Crippen MR) is 273 cm³/mol. The molecule has 3 aromatic carbocycles. The number of nitrogens with zero attached hydrogens (tertiary/aromatic N) is 4. The van der Waals surface area contributed by atoms with Crippen molar-refractivity contribution in [3.63, 3.8) is 0 Å². The normalized spacial score (nSPS) is 21.7. The quantitative estimate of drug-likeness (QED) is 0.0797. The number of carbonyl (C=O) groups is 4. The van der Waals surface area contributed by atoms with Crippen LogP contribution in [-0.2, 0) is 19.1 Å². The molecule has 7 rings (SSSR count). The highest BCUT2D eigenvalue weighted by Gasteiger charge is 2.64. The van der Waals surface area contributed by atoms with Crippen LogP contribution in [0.2, 0.25) is 5.02 Å². The molecule has 2 saturated heterocycles. The van der Waals surface area contributed by atoms with Gasteiger partial charge in [-0.25, -0.2) is 4.98 Å². The number of halogens is 1. The van der Waals surface area contributed by atoms with E-state index in [-0.39, 0.29) is 60.4 Å². The smallest absolute Gasteiger partial charge is 0.251 e. The van der Waals surface area contributed by atoms with Crippen molar-refractivity contribution in [1.82, 2.24) is 25.8 Å². The number of nitrogens with one attached hydrogen (secondary N) is 3. The number of hydrogen-bond donors (Lipinski definition) is 4. The van der Waals surface area contributed by atoms with Gasteiger partial charge in [0.05, 0.1) is 38.8 Å². The van der Waals surface area contributed by atoms with Crippen LogP contribution in [0.1, 0.15) is 114 Å². The van der Waals surface area contributed by atoms with E-state index in [1.54, 1.807) is 29.5 Å². The lowest BCUT2D eigenvalue weighted by molar-refractivity contribution is -0.164. The number of aliphatic hydroxyl groups excluding tert-OH is 1. The van der Waals surface area contributed by atoms with E-state index in [0.29, 0.717) is 34.4 Å². The number of piperidine rings is 1. The predicted octanol–water partition coefficient (Wildman–Crippen LogP) is 8.25. The largest absolute Gasteiger partial charge is 0.489 e. The number of benzene rings is 3. The second-order valence-corrected chi connectivity index (χ2v) is 22.8. The number of hydrogen-bond acceptors (Lipinski definition) is 11. The number of ether oxygens (including phenoxy) is 2. The summed E-state index contributed by atoms with van der Waals surface area (Å²) in [6.07, 6.45) is 1.73. The highest BCUT2D eigenvalue weighted by molar-refractivity contribution is 7.13. The number of likely N-dealkylation sites (tertiary alicyclic amines) is 1. The van der Waals surface area contributed by atoms with Crippen molar-refractivity contribution < 1.29 is 33.8 Å². The number of rotatable bonds is 16. The van der Waals surface area contributed by atoms with Gasteiger partial charge in [0.15, 0.2) is 0 Å². The van der Waals surface area contributed by atoms with Crippen LogP contribution in [-0.4, -0.2) is 102 Å². The molecule has 4 aromatic rings. The molecule has 3 heterocycles. The van der Waals surface area contributed by atoms with Crippen molar-refractivity contribution in [2.45, 2.75) is 124 Å². The molecule has 2 aliphatic heterocycles. The van der Waals surface area contributed by atoms with Gasteiger partial charge in [-0.15, -0.1) is 11.3 Å². The summed E-state index contributed by atoms with van der Waals surface area (Å²) in [7, 11) is 0. The summed E-state index contributed by atoms with van der Waals surface area (Å²) in [5.41, 5.74) is 5.33. The molecule has 0 radical (unpaired) electrons. The molecule has 0 spiro atoms. The van der Waals surface area contributed by atoms with E-state index in [0.717, 1.165) is 59.7 Å². The average molecular weight is 995 g/mol. The highest BCUT2D eigenvalue weighted by atomic mass is 35.5. The van der Waals surface area contributed by atoms with Crippen LogP contribution in [0.25, 0.3) is 10.4 Å². The number of amides is 4. The van der Waals surface area contributed by atoms with Gasteiger partial charge in [0.2, 0.25) is 17.7 Å². The number of anilines is 1. The second-order valence-electron chi connectivity index (χ2n) is 21.5. The summed E-state index contributed by atoms with van der Waals surface area (Å²) in [5, 5.41) is 29.5. The minimum atomic E-state index is -0.949. The molecule has 4 N–H and O–H groups in total. The summed E-state index contributed by atoms with van der Waals surface area (Å²) in [6.45, 7) is 19.7. The summed E-state index contributed by atoms with van der Waals surface area (Å²) >= 11 is 7.84. The van der Waals surface area contributed by atoms with Crippen LogP contribution in [0.3, 0.4) is 0 Å². The Morgan fingerprint density at radius 3 is 2.26 bits per heavy atom. The lowest BCUT2D eigenvalue weighted by Gasteiger charge is -2.63. The lowest BCUT2D eigenvalue weighted by atomic mass is 9.49. The Kier molecular flexibility index (Phi) is 16.0. The van der Waals surface area contributed by atoms with Gasteiger partial charge in [0, 0.05) is 66.9 Å². The Hall–Kier alpha value is -5.53. The van der Waals surface area contributed by atoms with Crippen molar-refractivity contribution in [2.75, 3.05) is 37.7 Å². The molecule has 374 valence electrons. The number of β-amino-alcohol motifs (C(OH)–C–C–N with tert-alkyl or cyclic N) is 1. The molecule has 4 atom stereocenters. The van der Waals surface area contributed by atoms with Crippen molar-refractivity contribution >= 4 is 52.3 Å². The zero-order chi connectivity index (χ0) is 50.7. The van der Waals surface area contributed by atoms with Crippen LogP contribution in [0.4, 0.5) is 5.69 Å². The maximum atomic E-state index is 14.1.